The Hall–Kier alpha value is -1.25. The van der Waals surface area contributed by atoms with Crippen LogP contribution in [0.4, 0.5) is 0 Å². The molecule has 10 heteroatoms. The summed E-state index contributed by atoms with van der Waals surface area (Å²) < 4.78 is 33.1. The quantitative estimate of drug-likeness (QED) is 0.0264. The molecule has 0 radical (unpaired) electrons. The number of allylic oxidation sites excluding steroid dienone is 2. The predicted octanol–water partition coefficient (Wildman–Crippen LogP) is 18.9. The molecular weight excluding hydrogens is 882 g/mol. The number of hydrogen-bond acceptors (Lipinski definition) is 8. The van der Waals surface area contributed by atoms with Crippen LogP contribution < -0.4 is 5.73 Å². The lowest BCUT2D eigenvalue weighted by Gasteiger charge is -2.19. The van der Waals surface area contributed by atoms with E-state index in [9.17, 15) is 19.0 Å². The fraction of sp³-hybridized carbons (Fsp3) is 0.932. The van der Waals surface area contributed by atoms with Crippen LogP contribution in [0.2, 0.25) is 0 Å². The van der Waals surface area contributed by atoms with Crippen molar-refractivity contribution < 1.29 is 37.6 Å². The first-order valence-corrected chi connectivity index (χ1v) is 31.7. The molecule has 2 atom stereocenters. The fourth-order valence-corrected chi connectivity index (χ4v) is 9.93. The molecule has 0 bridgehead atoms. The molecule has 2 unspecified atom stereocenters. The van der Waals surface area contributed by atoms with Crippen molar-refractivity contribution >= 4 is 19.8 Å². The van der Waals surface area contributed by atoms with Crippen molar-refractivity contribution in [1.82, 2.24) is 0 Å². The van der Waals surface area contributed by atoms with E-state index in [4.69, 9.17) is 24.3 Å². The lowest BCUT2D eigenvalue weighted by Crippen LogP contribution is -2.29. The van der Waals surface area contributed by atoms with Crippen molar-refractivity contribution in [3.8, 4) is 0 Å². The molecule has 0 saturated heterocycles. The van der Waals surface area contributed by atoms with Gasteiger partial charge in [0.05, 0.1) is 13.2 Å². The molecule has 0 aromatic carbocycles. The minimum Gasteiger partial charge on any atom is -0.462 e. The lowest BCUT2D eigenvalue weighted by atomic mass is 10.0. The summed E-state index contributed by atoms with van der Waals surface area (Å²) in [5.74, 6) is -0.807. The molecule has 410 valence electrons. The number of phosphoric ester groups is 1. The standard InChI is InChI=1S/C59H116NO8P/c1-3-5-7-9-11-13-15-17-19-21-23-25-27-28-30-31-33-35-37-39-41-43-45-47-49-51-58(61)65-55-57(56-67-69(63,64)66-54-53-60)68-59(62)52-50-48-46-44-42-40-38-36-34-32-29-26-24-22-20-18-16-14-12-10-8-6-4-2/h22,24,57H,3-21,23,25-56,60H2,1-2H3,(H,63,64)/b24-22-. The number of unbranched alkanes of at least 4 members (excludes halogenated alkanes) is 43. The van der Waals surface area contributed by atoms with E-state index in [-0.39, 0.29) is 38.6 Å². The van der Waals surface area contributed by atoms with Crippen LogP contribution in [-0.2, 0) is 32.7 Å². The Morgan fingerprint density at radius 1 is 0.420 bits per heavy atom. The minimum absolute atomic E-state index is 0.0569. The smallest absolute Gasteiger partial charge is 0.462 e. The second-order valence-corrected chi connectivity index (χ2v) is 22.0. The van der Waals surface area contributed by atoms with Gasteiger partial charge in [0, 0.05) is 19.4 Å². The number of nitrogens with two attached hydrogens (primary N) is 1. The third kappa shape index (κ3) is 55.9. The van der Waals surface area contributed by atoms with E-state index >= 15 is 0 Å². The van der Waals surface area contributed by atoms with E-state index in [1.54, 1.807) is 0 Å². The molecule has 0 spiro atoms. The summed E-state index contributed by atoms with van der Waals surface area (Å²) in [6, 6.07) is 0. The van der Waals surface area contributed by atoms with Crippen LogP contribution in [0.1, 0.15) is 322 Å². The number of carbonyl (C=O) groups excluding carboxylic acids is 2. The van der Waals surface area contributed by atoms with E-state index in [0.717, 1.165) is 32.1 Å². The summed E-state index contributed by atoms with van der Waals surface area (Å²) in [6.07, 6.45) is 64.2. The van der Waals surface area contributed by atoms with Gasteiger partial charge >= 0.3 is 19.8 Å². The van der Waals surface area contributed by atoms with Gasteiger partial charge in [0.25, 0.3) is 0 Å². The summed E-state index contributed by atoms with van der Waals surface area (Å²) in [7, 11) is -4.38. The zero-order valence-corrected chi connectivity index (χ0v) is 46.7. The highest BCUT2D eigenvalue weighted by atomic mass is 31.2. The molecule has 0 aliphatic rings. The molecule has 0 aliphatic heterocycles. The molecule has 0 aliphatic carbocycles. The minimum atomic E-state index is -4.38. The van der Waals surface area contributed by atoms with Crippen LogP contribution in [0, 0.1) is 0 Å². The Morgan fingerprint density at radius 2 is 0.710 bits per heavy atom. The van der Waals surface area contributed by atoms with Crippen molar-refractivity contribution in [1.29, 1.82) is 0 Å². The number of hydrogen-bond donors (Lipinski definition) is 2. The number of esters is 2. The van der Waals surface area contributed by atoms with Gasteiger partial charge in [-0.3, -0.25) is 18.6 Å². The topological polar surface area (TPSA) is 134 Å². The van der Waals surface area contributed by atoms with Gasteiger partial charge in [0.15, 0.2) is 6.10 Å². The largest absolute Gasteiger partial charge is 0.472 e. The highest BCUT2D eigenvalue weighted by Gasteiger charge is 2.26. The Morgan fingerprint density at radius 3 is 1.03 bits per heavy atom. The van der Waals surface area contributed by atoms with Crippen LogP contribution in [-0.4, -0.2) is 49.3 Å². The number of rotatable bonds is 58. The molecule has 69 heavy (non-hydrogen) atoms. The molecule has 0 aromatic heterocycles. The first-order valence-electron chi connectivity index (χ1n) is 30.2. The van der Waals surface area contributed by atoms with Gasteiger partial charge in [-0.05, 0) is 38.5 Å². The second-order valence-electron chi connectivity index (χ2n) is 20.6. The number of phosphoric acid groups is 1. The summed E-state index contributed by atoms with van der Waals surface area (Å²) in [5.41, 5.74) is 5.39. The van der Waals surface area contributed by atoms with Crippen LogP contribution in [0.3, 0.4) is 0 Å². The van der Waals surface area contributed by atoms with Crippen molar-refractivity contribution in [3.63, 3.8) is 0 Å². The summed E-state index contributed by atoms with van der Waals surface area (Å²) in [6.45, 7) is 3.81. The second kappa shape index (κ2) is 56.1. The maximum Gasteiger partial charge on any atom is 0.472 e. The van der Waals surface area contributed by atoms with Crippen LogP contribution in [0.15, 0.2) is 12.2 Å². The molecule has 0 heterocycles. The maximum absolute atomic E-state index is 12.7. The summed E-state index contributed by atoms with van der Waals surface area (Å²) >= 11 is 0. The van der Waals surface area contributed by atoms with Crippen molar-refractivity contribution in [3.05, 3.63) is 12.2 Å². The highest BCUT2D eigenvalue weighted by molar-refractivity contribution is 7.47. The zero-order chi connectivity index (χ0) is 50.2. The third-order valence-electron chi connectivity index (χ3n) is 13.7. The molecule has 0 fully saturated rings. The van der Waals surface area contributed by atoms with Gasteiger partial charge in [0.2, 0.25) is 0 Å². The average molecular weight is 999 g/mol. The first-order chi connectivity index (χ1) is 33.8. The monoisotopic (exact) mass is 998 g/mol. The Labute approximate surface area is 428 Å². The van der Waals surface area contributed by atoms with E-state index in [2.05, 4.69) is 26.0 Å². The van der Waals surface area contributed by atoms with E-state index in [1.807, 2.05) is 0 Å². The van der Waals surface area contributed by atoms with Crippen molar-refractivity contribution in [2.45, 2.75) is 328 Å². The van der Waals surface area contributed by atoms with Crippen molar-refractivity contribution in [2.75, 3.05) is 26.4 Å². The van der Waals surface area contributed by atoms with Gasteiger partial charge in [-0.25, -0.2) is 4.57 Å². The average Bonchev–Trinajstić information content (AvgIpc) is 3.34. The van der Waals surface area contributed by atoms with E-state index < -0.39 is 26.5 Å². The van der Waals surface area contributed by atoms with E-state index in [0.29, 0.717) is 6.42 Å². The van der Waals surface area contributed by atoms with Crippen LogP contribution >= 0.6 is 7.82 Å². The molecule has 9 nitrogen and oxygen atoms in total. The van der Waals surface area contributed by atoms with Gasteiger partial charge in [0.1, 0.15) is 6.61 Å². The van der Waals surface area contributed by atoms with Crippen LogP contribution in [0.5, 0.6) is 0 Å². The van der Waals surface area contributed by atoms with Crippen molar-refractivity contribution in [2.24, 2.45) is 5.73 Å². The predicted molar refractivity (Wildman–Crippen MR) is 294 cm³/mol. The van der Waals surface area contributed by atoms with Crippen LogP contribution in [0.25, 0.3) is 0 Å². The fourth-order valence-electron chi connectivity index (χ4n) is 9.16. The number of ether oxygens (including phenoxy) is 2. The maximum atomic E-state index is 12.7. The number of carbonyl (C=O) groups is 2. The normalized spacial score (nSPS) is 13.0. The Balaban J connectivity index is 3.90. The lowest BCUT2D eigenvalue weighted by molar-refractivity contribution is -0.161. The van der Waals surface area contributed by atoms with Gasteiger partial charge in [-0.2, -0.15) is 0 Å². The SMILES string of the molecule is CCCCCCCCCC/C=C\CCCCCCCCCCCCCC(=O)OC(COC(=O)CCCCCCCCCCCCCCCCCCCCCCCCCCC)COP(=O)(O)OCCN. The van der Waals surface area contributed by atoms with Gasteiger partial charge in [-0.1, -0.05) is 283 Å². The Kier molecular flexibility index (Phi) is 55.0. The molecule has 0 saturated carbocycles. The molecular formula is C59H116NO8P. The summed E-state index contributed by atoms with van der Waals surface area (Å²) in [5, 5.41) is 0. The van der Waals surface area contributed by atoms with Gasteiger partial charge in [-0.15, -0.1) is 0 Å². The third-order valence-corrected chi connectivity index (χ3v) is 14.6. The first kappa shape index (κ1) is 67.8. The van der Waals surface area contributed by atoms with Gasteiger partial charge < -0.3 is 20.1 Å². The zero-order valence-electron chi connectivity index (χ0n) is 45.8. The Bertz CT molecular complexity index is 1140. The molecule has 3 N–H and O–H groups in total. The van der Waals surface area contributed by atoms with E-state index in [1.165, 1.54) is 257 Å². The molecule has 0 aromatic rings. The highest BCUT2D eigenvalue weighted by Crippen LogP contribution is 2.43. The summed E-state index contributed by atoms with van der Waals surface area (Å²) in [4.78, 5) is 35.2. The molecule has 0 rings (SSSR count). The molecule has 0 amide bonds.